The Morgan fingerprint density at radius 1 is 0.688 bits per heavy atom. The molecule has 0 bridgehead atoms. The molecule has 1 aromatic rings. The summed E-state index contributed by atoms with van der Waals surface area (Å²) in [6.45, 7) is 5.82. The summed E-state index contributed by atoms with van der Waals surface area (Å²) in [5.74, 6) is -0.172. The van der Waals surface area contributed by atoms with Crippen LogP contribution in [0, 0.1) is 0 Å². The fourth-order valence-electron chi connectivity index (χ4n) is 4.58. The van der Waals surface area contributed by atoms with Crippen LogP contribution in [-0.2, 0) is 9.59 Å². The van der Waals surface area contributed by atoms with E-state index in [1.54, 1.807) is 0 Å². The predicted octanol–water partition coefficient (Wildman–Crippen LogP) is 8.77. The first-order valence-electron chi connectivity index (χ1n) is 13.5. The Morgan fingerprint density at radius 3 is 1.53 bits per heavy atom. The number of hydrogen-bond donors (Lipinski definition) is 0. The first-order chi connectivity index (χ1) is 15.6. The average Bonchev–Trinajstić information content (AvgIpc) is 2.80. The van der Waals surface area contributed by atoms with Gasteiger partial charge >= 0.3 is 0 Å². The molecule has 3 heteroatoms. The number of nitrogens with zero attached hydrogens (tertiary/aromatic N) is 1. The summed E-state index contributed by atoms with van der Waals surface area (Å²) in [4.78, 5) is 26.5. The molecule has 1 atom stereocenters. The third-order valence-electron chi connectivity index (χ3n) is 6.48. The van der Waals surface area contributed by atoms with Gasteiger partial charge in [-0.15, -0.1) is 0 Å². The number of imide groups is 1. The Bertz CT molecular complexity index is 598. The summed E-state index contributed by atoms with van der Waals surface area (Å²) in [7, 11) is 0. The second-order valence-electron chi connectivity index (χ2n) is 9.32. The lowest BCUT2D eigenvalue weighted by Gasteiger charge is -2.29. The van der Waals surface area contributed by atoms with Crippen LogP contribution < -0.4 is 0 Å². The van der Waals surface area contributed by atoms with Crippen LogP contribution in [0.25, 0.3) is 0 Å². The van der Waals surface area contributed by atoms with Crippen LogP contribution in [-0.4, -0.2) is 16.7 Å². The molecular weight excluding hydrogens is 394 g/mol. The van der Waals surface area contributed by atoms with Gasteiger partial charge in [-0.2, -0.15) is 0 Å². The molecule has 1 aromatic carbocycles. The van der Waals surface area contributed by atoms with Crippen molar-refractivity contribution in [3.05, 3.63) is 35.9 Å². The van der Waals surface area contributed by atoms with Crippen molar-refractivity contribution in [1.29, 1.82) is 0 Å². The molecule has 0 aromatic heterocycles. The van der Waals surface area contributed by atoms with Crippen LogP contribution in [0.5, 0.6) is 0 Å². The number of benzene rings is 1. The van der Waals surface area contributed by atoms with Crippen LogP contribution in [0.2, 0.25) is 0 Å². The van der Waals surface area contributed by atoms with Crippen LogP contribution in [0.1, 0.15) is 142 Å². The number of unbranched alkanes of at least 4 members (excludes halogenated alkanes) is 14. The van der Waals surface area contributed by atoms with E-state index in [0.29, 0.717) is 6.42 Å². The van der Waals surface area contributed by atoms with Crippen molar-refractivity contribution in [2.45, 2.75) is 136 Å². The summed E-state index contributed by atoms with van der Waals surface area (Å²) in [5, 5.41) is 0. The van der Waals surface area contributed by atoms with Crippen LogP contribution in [0.3, 0.4) is 0 Å². The quantitative estimate of drug-likeness (QED) is 0.200. The van der Waals surface area contributed by atoms with E-state index >= 15 is 0 Å². The largest absolute Gasteiger partial charge is 0.275 e. The van der Waals surface area contributed by atoms with Gasteiger partial charge in [-0.3, -0.25) is 14.5 Å². The summed E-state index contributed by atoms with van der Waals surface area (Å²) in [5.41, 5.74) is 1.04. The molecule has 32 heavy (non-hydrogen) atoms. The van der Waals surface area contributed by atoms with Gasteiger partial charge < -0.3 is 0 Å². The number of hydrogen-bond acceptors (Lipinski definition) is 2. The van der Waals surface area contributed by atoms with Crippen molar-refractivity contribution in [2.24, 2.45) is 0 Å². The molecule has 0 fully saturated rings. The van der Waals surface area contributed by atoms with Crippen molar-refractivity contribution in [1.82, 2.24) is 4.90 Å². The molecule has 2 amide bonds. The average molecular weight is 444 g/mol. The standard InChI is InChI=1S/C29H49NO2/c1-4-6-7-8-9-10-11-12-13-14-15-16-17-18-22-25-29(32)30(26(3)31)28(5-2)27-23-20-19-21-24-27/h19-21,23-24,28H,4-18,22,25H2,1-3H3. The van der Waals surface area contributed by atoms with Crippen molar-refractivity contribution >= 4 is 11.8 Å². The summed E-state index contributed by atoms with van der Waals surface area (Å²) >= 11 is 0. The van der Waals surface area contributed by atoms with Gasteiger partial charge in [0.15, 0.2) is 0 Å². The van der Waals surface area contributed by atoms with Crippen molar-refractivity contribution < 1.29 is 9.59 Å². The third kappa shape index (κ3) is 12.4. The lowest BCUT2D eigenvalue weighted by atomic mass is 10.0. The third-order valence-corrected chi connectivity index (χ3v) is 6.48. The molecule has 0 spiro atoms. The Hall–Kier alpha value is -1.64. The number of carbonyl (C=O) groups excluding carboxylic acids is 2. The Kier molecular flexibility index (Phi) is 16.8. The summed E-state index contributed by atoms with van der Waals surface area (Å²) in [6.07, 6.45) is 20.9. The van der Waals surface area contributed by atoms with E-state index in [-0.39, 0.29) is 17.9 Å². The minimum Gasteiger partial charge on any atom is -0.275 e. The van der Waals surface area contributed by atoms with Gasteiger partial charge in [-0.25, -0.2) is 0 Å². The van der Waals surface area contributed by atoms with Gasteiger partial charge in [0.2, 0.25) is 11.8 Å². The van der Waals surface area contributed by atoms with Gasteiger partial charge in [0.05, 0.1) is 6.04 Å². The first-order valence-corrected chi connectivity index (χ1v) is 13.5. The van der Waals surface area contributed by atoms with E-state index in [9.17, 15) is 9.59 Å². The van der Waals surface area contributed by atoms with Gasteiger partial charge in [-0.1, -0.05) is 134 Å². The van der Waals surface area contributed by atoms with E-state index in [1.165, 1.54) is 95.3 Å². The zero-order valence-electron chi connectivity index (χ0n) is 21.2. The molecule has 1 unspecified atom stereocenters. The van der Waals surface area contributed by atoms with E-state index < -0.39 is 0 Å². The molecule has 0 aliphatic heterocycles. The number of amides is 2. The molecule has 0 aliphatic carbocycles. The highest BCUT2D eigenvalue weighted by Gasteiger charge is 2.26. The molecule has 0 N–H and O–H groups in total. The van der Waals surface area contributed by atoms with Gasteiger partial charge in [0.1, 0.15) is 0 Å². The van der Waals surface area contributed by atoms with Crippen LogP contribution in [0.15, 0.2) is 30.3 Å². The SMILES string of the molecule is CCCCCCCCCCCCCCCCCC(=O)N(C(C)=O)C(CC)c1ccccc1. The summed E-state index contributed by atoms with van der Waals surface area (Å²) < 4.78 is 0. The molecule has 3 nitrogen and oxygen atoms in total. The maximum Gasteiger partial charge on any atom is 0.229 e. The molecule has 0 aliphatic rings. The van der Waals surface area contributed by atoms with Crippen molar-refractivity contribution in [3.8, 4) is 0 Å². The molecule has 0 heterocycles. The highest BCUT2D eigenvalue weighted by molar-refractivity contribution is 5.94. The molecular formula is C29H49NO2. The summed E-state index contributed by atoms with van der Waals surface area (Å²) in [6, 6.07) is 9.75. The molecule has 1 rings (SSSR count). The maximum atomic E-state index is 12.8. The monoisotopic (exact) mass is 443 g/mol. The van der Waals surface area contributed by atoms with Gasteiger partial charge in [0.25, 0.3) is 0 Å². The Balaban J connectivity index is 2.11. The smallest absolute Gasteiger partial charge is 0.229 e. The normalized spacial score (nSPS) is 12.0. The highest BCUT2D eigenvalue weighted by atomic mass is 16.2. The molecule has 182 valence electrons. The van der Waals surface area contributed by atoms with E-state index in [2.05, 4.69) is 6.92 Å². The Labute approximate surface area is 198 Å². The number of carbonyl (C=O) groups is 2. The second kappa shape index (κ2) is 18.9. The van der Waals surface area contributed by atoms with Crippen molar-refractivity contribution in [3.63, 3.8) is 0 Å². The fourth-order valence-corrected chi connectivity index (χ4v) is 4.58. The lowest BCUT2D eigenvalue weighted by molar-refractivity contribution is -0.146. The zero-order chi connectivity index (χ0) is 23.4. The zero-order valence-corrected chi connectivity index (χ0v) is 21.2. The van der Waals surface area contributed by atoms with Gasteiger partial charge in [0, 0.05) is 13.3 Å². The minimum atomic E-state index is -0.155. The van der Waals surface area contributed by atoms with E-state index in [4.69, 9.17) is 0 Å². The van der Waals surface area contributed by atoms with Crippen LogP contribution in [0.4, 0.5) is 0 Å². The van der Waals surface area contributed by atoms with Gasteiger partial charge in [-0.05, 0) is 18.4 Å². The first kappa shape index (κ1) is 28.4. The van der Waals surface area contributed by atoms with Crippen molar-refractivity contribution in [2.75, 3.05) is 0 Å². The Morgan fingerprint density at radius 2 is 1.12 bits per heavy atom. The molecule has 0 radical (unpaired) electrons. The lowest BCUT2D eigenvalue weighted by Crippen LogP contribution is -2.38. The minimum absolute atomic E-state index is 0.0251. The fraction of sp³-hybridized carbons (Fsp3) is 0.724. The number of rotatable bonds is 19. The van der Waals surface area contributed by atoms with Crippen LogP contribution >= 0.6 is 0 Å². The highest BCUT2D eigenvalue weighted by Crippen LogP contribution is 2.25. The predicted molar refractivity (Wildman–Crippen MR) is 137 cm³/mol. The second-order valence-corrected chi connectivity index (χ2v) is 9.32. The molecule has 0 saturated carbocycles. The molecule has 0 saturated heterocycles. The van der Waals surface area contributed by atoms with E-state index in [0.717, 1.165) is 24.8 Å². The maximum absolute atomic E-state index is 12.8. The van der Waals surface area contributed by atoms with E-state index in [1.807, 2.05) is 37.3 Å². The topological polar surface area (TPSA) is 37.4 Å².